The quantitative estimate of drug-likeness (QED) is 0.555. The maximum absolute atomic E-state index is 11.1. The summed E-state index contributed by atoms with van der Waals surface area (Å²) in [7, 11) is 4.16. The van der Waals surface area contributed by atoms with Crippen LogP contribution in [0.5, 0.6) is 5.75 Å². The Balaban J connectivity index is 1.77. The molecule has 0 amide bonds. The second kappa shape index (κ2) is 6.88. The molecular formula is C23H27N3O3. The Morgan fingerprint density at radius 1 is 1.17 bits per heavy atom. The number of hydrogen-bond donors (Lipinski definition) is 0. The van der Waals surface area contributed by atoms with Gasteiger partial charge in [0.15, 0.2) is 0 Å². The molecule has 0 bridgehead atoms. The first-order valence-electron chi connectivity index (χ1n) is 9.95. The van der Waals surface area contributed by atoms with E-state index >= 15 is 0 Å². The van der Waals surface area contributed by atoms with Crippen molar-refractivity contribution in [3.8, 4) is 5.75 Å². The number of non-ortho nitro benzene ring substituents is 1. The van der Waals surface area contributed by atoms with E-state index < -0.39 is 5.72 Å². The summed E-state index contributed by atoms with van der Waals surface area (Å²) in [6.07, 6.45) is 5.05. The van der Waals surface area contributed by atoms with Gasteiger partial charge in [0, 0.05) is 29.9 Å². The van der Waals surface area contributed by atoms with E-state index in [1.807, 2.05) is 6.08 Å². The molecule has 1 atom stereocenters. The first-order chi connectivity index (χ1) is 13.8. The van der Waals surface area contributed by atoms with Gasteiger partial charge in [-0.25, -0.2) is 0 Å². The van der Waals surface area contributed by atoms with Crippen LogP contribution in [-0.2, 0) is 5.41 Å². The number of anilines is 1. The smallest absolute Gasteiger partial charge is 0.270 e. The van der Waals surface area contributed by atoms with Gasteiger partial charge in [0.1, 0.15) is 5.75 Å². The maximum atomic E-state index is 11.1. The van der Waals surface area contributed by atoms with Gasteiger partial charge in [-0.2, -0.15) is 0 Å². The molecule has 2 heterocycles. The Morgan fingerprint density at radius 2 is 1.93 bits per heavy atom. The van der Waals surface area contributed by atoms with Gasteiger partial charge < -0.3 is 14.5 Å². The predicted molar refractivity (Wildman–Crippen MR) is 115 cm³/mol. The number of ether oxygens (including phenoxy) is 1. The Bertz CT molecular complexity index is 983. The molecule has 1 unspecified atom stereocenters. The van der Waals surface area contributed by atoms with Gasteiger partial charge in [-0.15, -0.1) is 0 Å². The fourth-order valence-corrected chi connectivity index (χ4v) is 4.54. The van der Waals surface area contributed by atoms with Crippen molar-refractivity contribution < 1.29 is 9.66 Å². The van der Waals surface area contributed by atoms with Gasteiger partial charge in [-0.05, 0) is 70.8 Å². The van der Waals surface area contributed by atoms with Crippen LogP contribution < -0.4 is 9.64 Å². The van der Waals surface area contributed by atoms with Crippen LogP contribution in [0.1, 0.15) is 31.4 Å². The molecule has 2 aliphatic heterocycles. The second-order valence-corrected chi connectivity index (χ2v) is 8.56. The maximum Gasteiger partial charge on any atom is 0.270 e. The topological polar surface area (TPSA) is 58.9 Å². The Hall–Kier alpha value is -2.86. The van der Waals surface area contributed by atoms with E-state index in [1.165, 1.54) is 17.3 Å². The molecule has 0 N–H and O–H groups in total. The first kappa shape index (κ1) is 19.5. The van der Waals surface area contributed by atoms with Crippen molar-refractivity contribution in [3.05, 3.63) is 69.8 Å². The van der Waals surface area contributed by atoms with Crippen molar-refractivity contribution >= 4 is 17.5 Å². The highest BCUT2D eigenvalue weighted by Crippen LogP contribution is 2.55. The summed E-state index contributed by atoms with van der Waals surface area (Å²) in [5.74, 6) is 0.677. The summed E-state index contributed by atoms with van der Waals surface area (Å²) >= 11 is 0. The van der Waals surface area contributed by atoms with Crippen LogP contribution in [0.4, 0.5) is 11.4 Å². The first-order valence-corrected chi connectivity index (χ1v) is 9.95. The van der Waals surface area contributed by atoms with E-state index in [4.69, 9.17) is 4.74 Å². The Morgan fingerprint density at radius 3 is 2.66 bits per heavy atom. The SMILES string of the molecule is CN(C)CCCN1c2ccccc2C(C)(C)C12C=Cc1cc([N+](=O)[O-])ccc1O2. The zero-order chi connectivity index (χ0) is 20.8. The van der Waals surface area contributed by atoms with E-state index in [-0.39, 0.29) is 16.0 Å². The summed E-state index contributed by atoms with van der Waals surface area (Å²) in [6.45, 7) is 6.25. The molecule has 1 spiro atoms. The summed E-state index contributed by atoms with van der Waals surface area (Å²) < 4.78 is 6.69. The molecule has 2 aliphatic rings. The number of benzene rings is 2. The van der Waals surface area contributed by atoms with Crippen LogP contribution in [0.15, 0.2) is 48.5 Å². The lowest BCUT2D eigenvalue weighted by atomic mass is 9.76. The Kier molecular flexibility index (Phi) is 4.62. The minimum absolute atomic E-state index is 0.0738. The molecule has 29 heavy (non-hydrogen) atoms. The summed E-state index contributed by atoms with van der Waals surface area (Å²) in [5, 5.41) is 11.1. The van der Waals surface area contributed by atoms with Crippen LogP contribution in [0, 0.1) is 10.1 Å². The van der Waals surface area contributed by atoms with Crippen molar-refractivity contribution in [1.82, 2.24) is 4.90 Å². The van der Waals surface area contributed by atoms with Gasteiger partial charge in [0.05, 0.1) is 10.3 Å². The third kappa shape index (κ3) is 2.99. The van der Waals surface area contributed by atoms with E-state index in [1.54, 1.807) is 12.1 Å². The molecule has 2 aromatic rings. The molecule has 0 saturated carbocycles. The molecule has 0 aliphatic carbocycles. The molecule has 0 fully saturated rings. The van der Waals surface area contributed by atoms with E-state index in [2.05, 4.69) is 68.1 Å². The van der Waals surface area contributed by atoms with Gasteiger partial charge in [0.2, 0.25) is 5.72 Å². The third-order valence-electron chi connectivity index (χ3n) is 6.11. The summed E-state index contributed by atoms with van der Waals surface area (Å²) in [6, 6.07) is 13.3. The van der Waals surface area contributed by atoms with Crippen LogP contribution in [-0.4, -0.2) is 42.7 Å². The number of nitro groups is 1. The standard InChI is InChI=1S/C23H27N3O3/c1-22(2)19-8-5-6-9-20(19)25(15-7-14-24(3)4)23(22)13-12-17-16-18(26(27)28)10-11-21(17)29-23/h5-6,8-13,16H,7,14-15H2,1-4H3. The van der Waals surface area contributed by atoms with Crippen LogP contribution in [0.25, 0.3) is 6.08 Å². The van der Waals surface area contributed by atoms with Crippen LogP contribution in [0.3, 0.4) is 0 Å². The number of nitro benzene ring substituents is 1. The predicted octanol–water partition coefficient (Wildman–Crippen LogP) is 4.45. The van der Waals surface area contributed by atoms with Crippen LogP contribution >= 0.6 is 0 Å². The fraction of sp³-hybridized carbons (Fsp3) is 0.391. The zero-order valence-corrected chi connectivity index (χ0v) is 17.4. The van der Waals surface area contributed by atoms with E-state index in [9.17, 15) is 10.1 Å². The normalized spacial score (nSPS) is 21.2. The highest BCUT2D eigenvalue weighted by molar-refractivity contribution is 5.73. The molecule has 6 nitrogen and oxygen atoms in total. The molecular weight excluding hydrogens is 366 g/mol. The van der Waals surface area contributed by atoms with E-state index in [0.29, 0.717) is 5.75 Å². The largest absolute Gasteiger partial charge is 0.463 e. The number of nitrogens with zero attached hydrogens (tertiary/aromatic N) is 3. The lowest BCUT2D eigenvalue weighted by Crippen LogP contribution is -2.59. The third-order valence-corrected chi connectivity index (χ3v) is 6.11. The number of para-hydroxylation sites is 1. The fourth-order valence-electron chi connectivity index (χ4n) is 4.54. The number of rotatable bonds is 5. The van der Waals surface area contributed by atoms with E-state index in [0.717, 1.165) is 25.1 Å². The highest BCUT2D eigenvalue weighted by Gasteiger charge is 2.58. The van der Waals surface area contributed by atoms with Crippen molar-refractivity contribution in [3.63, 3.8) is 0 Å². The molecule has 152 valence electrons. The number of fused-ring (bicyclic) bond motifs is 2. The minimum atomic E-state index is -0.674. The molecule has 4 rings (SSSR count). The monoisotopic (exact) mass is 393 g/mol. The van der Waals surface area contributed by atoms with Crippen LogP contribution in [0.2, 0.25) is 0 Å². The molecule has 0 aromatic heterocycles. The lowest BCUT2D eigenvalue weighted by molar-refractivity contribution is -0.384. The summed E-state index contributed by atoms with van der Waals surface area (Å²) in [4.78, 5) is 15.3. The molecule has 0 radical (unpaired) electrons. The van der Waals surface area contributed by atoms with Crippen molar-refractivity contribution in [2.24, 2.45) is 0 Å². The van der Waals surface area contributed by atoms with Gasteiger partial charge in [-0.3, -0.25) is 10.1 Å². The minimum Gasteiger partial charge on any atom is -0.463 e. The van der Waals surface area contributed by atoms with Crippen molar-refractivity contribution in [2.75, 3.05) is 32.1 Å². The molecule has 6 heteroatoms. The van der Waals surface area contributed by atoms with Crippen molar-refractivity contribution in [2.45, 2.75) is 31.4 Å². The lowest BCUT2D eigenvalue weighted by Gasteiger charge is -2.47. The average molecular weight is 393 g/mol. The highest BCUT2D eigenvalue weighted by atomic mass is 16.6. The molecule has 0 saturated heterocycles. The van der Waals surface area contributed by atoms with Gasteiger partial charge in [0.25, 0.3) is 5.69 Å². The van der Waals surface area contributed by atoms with Crippen molar-refractivity contribution in [1.29, 1.82) is 0 Å². The second-order valence-electron chi connectivity index (χ2n) is 8.56. The average Bonchev–Trinajstić information content (AvgIpc) is 2.86. The van der Waals surface area contributed by atoms with Gasteiger partial charge >= 0.3 is 0 Å². The zero-order valence-electron chi connectivity index (χ0n) is 17.4. The molecule has 2 aromatic carbocycles. The summed E-state index contributed by atoms with van der Waals surface area (Å²) in [5.41, 5.74) is 2.28. The Labute approximate surface area is 171 Å². The van der Waals surface area contributed by atoms with Gasteiger partial charge in [-0.1, -0.05) is 18.2 Å². The number of hydrogen-bond acceptors (Lipinski definition) is 5.